The number of halogens is 3. The number of aliphatic hydroxyl groups is 1. The summed E-state index contributed by atoms with van der Waals surface area (Å²) >= 11 is 1.18. The maximum absolute atomic E-state index is 13.4. The minimum atomic E-state index is -5.33. The van der Waals surface area contributed by atoms with Crippen LogP contribution in [0.4, 0.5) is 18.9 Å². The number of carbonyl (C=O) groups is 2. The minimum Gasteiger partial charge on any atom is -0.495 e. The second-order valence-electron chi connectivity index (χ2n) is 5.28. The first kappa shape index (κ1) is 20.7. The molecule has 1 atom stereocenters. The van der Waals surface area contributed by atoms with Crippen LogP contribution in [-0.4, -0.2) is 36.9 Å². The molecule has 0 bridgehead atoms. The molecule has 0 aliphatic heterocycles. The predicted octanol–water partition coefficient (Wildman–Crippen LogP) is 3.32. The second-order valence-corrected chi connectivity index (χ2v) is 6.22. The summed E-state index contributed by atoms with van der Waals surface area (Å²) in [6, 6.07) is 6.05. The van der Waals surface area contributed by atoms with Crippen molar-refractivity contribution >= 4 is 28.9 Å². The van der Waals surface area contributed by atoms with Crippen molar-refractivity contribution in [1.82, 2.24) is 0 Å². The lowest BCUT2D eigenvalue weighted by molar-refractivity contribution is -0.267. The fourth-order valence-electron chi connectivity index (χ4n) is 2.24. The van der Waals surface area contributed by atoms with Gasteiger partial charge in [-0.3, -0.25) is 4.79 Å². The van der Waals surface area contributed by atoms with Crippen LogP contribution in [0.15, 0.2) is 35.7 Å². The number of thiophene rings is 1. The first-order valence-electron chi connectivity index (χ1n) is 7.64. The predicted molar refractivity (Wildman–Crippen MR) is 91.9 cm³/mol. The molecule has 0 aliphatic carbocycles. The largest absolute Gasteiger partial charge is 0.495 e. The molecule has 0 radical (unpaired) electrons. The molecule has 0 fully saturated rings. The van der Waals surface area contributed by atoms with E-state index in [0.29, 0.717) is 4.88 Å². The van der Waals surface area contributed by atoms with Gasteiger partial charge in [0, 0.05) is 5.56 Å². The summed E-state index contributed by atoms with van der Waals surface area (Å²) in [5.74, 6) is -2.49. The maximum atomic E-state index is 13.4. The Hall–Kier alpha value is -2.59. The van der Waals surface area contributed by atoms with Crippen molar-refractivity contribution in [2.24, 2.45) is 0 Å². The highest BCUT2D eigenvalue weighted by atomic mass is 32.1. The molecule has 6 nitrogen and oxygen atoms in total. The number of amides is 1. The van der Waals surface area contributed by atoms with Gasteiger partial charge in [-0.2, -0.15) is 13.2 Å². The van der Waals surface area contributed by atoms with Crippen molar-refractivity contribution in [3.05, 3.63) is 46.2 Å². The summed E-state index contributed by atoms with van der Waals surface area (Å²) in [6.45, 7) is 0.974. The van der Waals surface area contributed by atoms with Crippen LogP contribution >= 0.6 is 11.3 Å². The van der Waals surface area contributed by atoms with Crippen molar-refractivity contribution in [1.29, 1.82) is 0 Å². The van der Waals surface area contributed by atoms with E-state index in [9.17, 15) is 27.9 Å². The van der Waals surface area contributed by atoms with Crippen LogP contribution in [0.25, 0.3) is 0 Å². The van der Waals surface area contributed by atoms with Crippen LogP contribution in [0.5, 0.6) is 5.75 Å². The molecule has 1 heterocycles. The number of benzene rings is 1. The topological polar surface area (TPSA) is 84.9 Å². The highest BCUT2D eigenvalue weighted by Gasteiger charge is 2.62. The third-order valence-corrected chi connectivity index (χ3v) is 4.46. The Labute approximate surface area is 156 Å². The third-order valence-electron chi connectivity index (χ3n) is 3.59. The normalized spacial score (nSPS) is 13.6. The molecule has 27 heavy (non-hydrogen) atoms. The minimum absolute atomic E-state index is 0.0769. The molecule has 0 saturated heterocycles. The van der Waals surface area contributed by atoms with Crippen LogP contribution in [0.2, 0.25) is 0 Å². The monoisotopic (exact) mass is 403 g/mol. The summed E-state index contributed by atoms with van der Waals surface area (Å²) in [5.41, 5.74) is -4.58. The summed E-state index contributed by atoms with van der Waals surface area (Å²) in [6.07, 6.45) is -5.33. The van der Waals surface area contributed by atoms with Gasteiger partial charge in [-0.15, -0.1) is 11.3 Å². The van der Waals surface area contributed by atoms with E-state index in [4.69, 9.17) is 4.74 Å². The van der Waals surface area contributed by atoms with Crippen LogP contribution < -0.4 is 10.1 Å². The Bertz CT molecular complexity index is 822. The van der Waals surface area contributed by atoms with Gasteiger partial charge in [-0.1, -0.05) is 12.1 Å². The average Bonchev–Trinajstić information content (AvgIpc) is 3.15. The second kappa shape index (κ2) is 7.97. The van der Waals surface area contributed by atoms with E-state index in [-0.39, 0.29) is 18.0 Å². The maximum Gasteiger partial charge on any atom is 0.432 e. The fourth-order valence-corrected chi connectivity index (χ4v) is 2.86. The molecule has 1 unspecified atom stereocenters. The highest BCUT2D eigenvalue weighted by molar-refractivity contribution is 7.12. The Morgan fingerprint density at radius 2 is 1.96 bits per heavy atom. The number of alkyl halides is 3. The molecule has 0 aliphatic rings. The number of methoxy groups -OCH3 is 1. The van der Waals surface area contributed by atoms with E-state index >= 15 is 0 Å². The van der Waals surface area contributed by atoms with Crippen molar-refractivity contribution < 1.29 is 37.3 Å². The first-order chi connectivity index (χ1) is 12.6. The molecule has 0 spiro atoms. The van der Waals surface area contributed by atoms with Gasteiger partial charge in [0.25, 0.3) is 11.5 Å². The zero-order chi connectivity index (χ0) is 20.2. The molecule has 1 amide bonds. The van der Waals surface area contributed by atoms with E-state index in [1.165, 1.54) is 25.4 Å². The van der Waals surface area contributed by atoms with E-state index in [1.54, 1.807) is 17.5 Å². The molecule has 10 heteroatoms. The third kappa shape index (κ3) is 4.06. The number of carbonyl (C=O) groups excluding carboxylic acids is 2. The van der Waals surface area contributed by atoms with Crippen LogP contribution in [0.3, 0.4) is 0 Å². The van der Waals surface area contributed by atoms with Gasteiger partial charge in [0.05, 0.1) is 24.3 Å². The Morgan fingerprint density at radius 3 is 2.48 bits per heavy atom. The first-order valence-corrected chi connectivity index (χ1v) is 8.52. The van der Waals surface area contributed by atoms with Gasteiger partial charge in [0.2, 0.25) is 0 Å². The lowest BCUT2D eigenvalue weighted by atomic mass is 9.92. The number of nitrogens with one attached hydrogen (secondary N) is 1. The van der Waals surface area contributed by atoms with E-state index in [2.05, 4.69) is 10.1 Å². The van der Waals surface area contributed by atoms with Crippen LogP contribution in [-0.2, 0) is 15.1 Å². The molecule has 2 rings (SSSR count). The average molecular weight is 403 g/mol. The molecule has 146 valence electrons. The fraction of sp³-hybridized carbons (Fsp3) is 0.294. The SMILES string of the molecule is CCOC(=O)C(O)(c1ccc(NC(=O)c2cccs2)c(OC)c1)C(F)(F)F. The lowest BCUT2D eigenvalue weighted by Gasteiger charge is -2.29. The summed E-state index contributed by atoms with van der Waals surface area (Å²) < 4.78 is 49.7. The Kier molecular flexibility index (Phi) is 6.11. The van der Waals surface area contributed by atoms with Gasteiger partial charge in [0.15, 0.2) is 0 Å². The van der Waals surface area contributed by atoms with Gasteiger partial charge < -0.3 is 19.9 Å². The van der Waals surface area contributed by atoms with Crippen molar-refractivity contribution in [3.8, 4) is 5.75 Å². The Balaban J connectivity index is 2.43. The standard InChI is InChI=1S/C17H16F3NO5S/c1-3-26-15(23)16(24,17(18,19)20)10-6-7-11(12(9-10)25-2)21-14(22)13-5-4-8-27-13/h4-9,24H,3H2,1-2H3,(H,21,22). The highest BCUT2D eigenvalue weighted by Crippen LogP contribution is 2.42. The molecule has 0 saturated carbocycles. The van der Waals surface area contributed by atoms with Gasteiger partial charge in [-0.25, -0.2) is 4.79 Å². The number of rotatable bonds is 6. The number of hydrogen-bond donors (Lipinski definition) is 2. The summed E-state index contributed by atoms with van der Waals surface area (Å²) in [7, 11) is 1.18. The van der Waals surface area contributed by atoms with Crippen LogP contribution in [0, 0.1) is 0 Å². The van der Waals surface area contributed by atoms with Gasteiger partial charge >= 0.3 is 12.1 Å². The lowest BCUT2D eigenvalue weighted by Crippen LogP contribution is -2.50. The van der Waals surface area contributed by atoms with E-state index in [0.717, 1.165) is 18.2 Å². The molecular formula is C17H16F3NO5S. The van der Waals surface area contributed by atoms with Crippen LogP contribution in [0.1, 0.15) is 22.2 Å². The Morgan fingerprint density at radius 1 is 1.26 bits per heavy atom. The molecule has 1 aromatic heterocycles. The summed E-state index contributed by atoms with van der Waals surface area (Å²) in [5, 5.41) is 14.3. The van der Waals surface area contributed by atoms with E-state index in [1.807, 2.05) is 0 Å². The molecule has 1 aromatic carbocycles. The summed E-state index contributed by atoms with van der Waals surface area (Å²) in [4.78, 5) is 24.3. The number of ether oxygens (including phenoxy) is 2. The number of esters is 1. The zero-order valence-electron chi connectivity index (χ0n) is 14.3. The van der Waals surface area contributed by atoms with Crippen molar-refractivity contribution in [2.75, 3.05) is 19.0 Å². The smallest absolute Gasteiger partial charge is 0.432 e. The van der Waals surface area contributed by atoms with Gasteiger partial charge in [-0.05, 0) is 30.5 Å². The number of anilines is 1. The van der Waals surface area contributed by atoms with E-state index < -0.39 is 29.2 Å². The zero-order valence-corrected chi connectivity index (χ0v) is 15.1. The number of hydrogen-bond acceptors (Lipinski definition) is 6. The molecule has 2 N–H and O–H groups in total. The molecular weight excluding hydrogens is 387 g/mol. The molecule has 2 aromatic rings. The quantitative estimate of drug-likeness (QED) is 0.723. The van der Waals surface area contributed by atoms with Crippen molar-refractivity contribution in [3.63, 3.8) is 0 Å². The van der Waals surface area contributed by atoms with Crippen molar-refractivity contribution in [2.45, 2.75) is 18.7 Å². The van der Waals surface area contributed by atoms with Gasteiger partial charge in [0.1, 0.15) is 5.75 Å².